The van der Waals surface area contributed by atoms with E-state index in [1.54, 1.807) is 12.4 Å². The van der Waals surface area contributed by atoms with Gasteiger partial charge in [-0.3, -0.25) is 15.4 Å². The van der Waals surface area contributed by atoms with Crippen molar-refractivity contribution in [2.75, 3.05) is 26.3 Å². The van der Waals surface area contributed by atoms with Crippen molar-refractivity contribution in [3.8, 4) is 0 Å². The molecule has 0 bridgehead atoms. The molecule has 1 fully saturated rings. The lowest BCUT2D eigenvalue weighted by Gasteiger charge is -2.29. The fourth-order valence-corrected chi connectivity index (χ4v) is 2.08. The van der Waals surface area contributed by atoms with Gasteiger partial charge in [-0.15, -0.1) is 0 Å². The highest BCUT2D eigenvalue weighted by molar-refractivity contribution is 5.99. The van der Waals surface area contributed by atoms with Gasteiger partial charge in [-0.1, -0.05) is 0 Å². The number of fused-ring (bicyclic) bond motifs is 1. The number of hydrogen-bond donors (Lipinski definition) is 1. The van der Waals surface area contributed by atoms with Gasteiger partial charge in [0.1, 0.15) is 5.84 Å². The second-order valence-corrected chi connectivity index (χ2v) is 4.21. The summed E-state index contributed by atoms with van der Waals surface area (Å²) in [5, 5.41) is 8.22. The van der Waals surface area contributed by atoms with Gasteiger partial charge >= 0.3 is 0 Å². The van der Waals surface area contributed by atoms with Gasteiger partial charge in [-0.25, -0.2) is 0 Å². The minimum Gasteiger partial charge on any atom is -0.378 e. The first-order valence-electron chi connectivity index (χ1n) is 5.97. The lowest BCUT2D eigenvalue weighted by atomic mass is 10.1. The maximum atomic E-state index is 8.22. The summed E-state index contributed by atoms with van der Waals surface area (Å²) in [7, 11) is 0. The zero-order valence-electron chi connectivity index (χ0n) is 9.97. The molecule has 1 aliphatic rings. The average molecular weight is 242 g/mol. The van der Waals surface area contributed by atoms with Crippen molar-refractivity contribution in [1.82, 2.24) is 14.9 Å². The number of hydrogen-bond acceptors (Lipinski definition) is 4. The van der Waals surface area contributed by atoms with Crippen molar-refractivity contribution in [1.29, 1.82) is 5.41 Å². The lowest BCUT2D eigenvalue weighted by molar-refractivity contribution is 0.0680. The molecule has 1 aromatic carbocycles. The number of aromatic nitrogens is 2. The van der Waals surface area contributed by atoms with Crippen molar-refractivity contribution in [3.05, 3.63) is 36.2 Å². The Hall–Kier alpha value is -2.01. The van der Waals surface area contributed by atoms with E-state index in [1.807, 2.05) is 23.1 Å². The maximum Gasteiger partial charge on any atom is 0.128 e. The SMILES string of the molecule is N=C(c1ccc2nccnc2c1)N1CCOCC1. The van der Waals surface area contributed by atoms with Crippen molar-refractivity contribution in [2.24, 2.45) is 0 Å². The second-order valence-electron chi connectivity index (χ2n) is 4.21. The van der Waals surface area contributed by atoms with Gasteiger partial charge < -0.3 is 9.64 Å². The van der Waals surface area contributed by atoms with Crippen LogP contribution in [-0.4, -0.2) is 47.0 Å². The summed E-state index contributed by atoms with van der Waals surface area (Å²) in [5.41, 5.74) is 2.56. The third-order valence-corrected chi connectivity index (χ3v) is 3.07. The molecule has 0 atom stereocenters. The molecule has 0 spiro atoms. The second kappa shape index (κ2) is 4.70. The van der Waals surface area contributed by atoms with Crippen LogP contribution in [-0.2, 0) is 4.74 Å². The number of amidine groups is 1. The molecule has 2 heterocycles. The Balaban J connectivity index is 1.91. The average Bonchev–Trinajstić information content (AvgIpc) is 2.47. The molecule has 0 amide bonds. The van der Waals surface area contributed by atoms with Gasteiger partial charge in [0.05, 0.1) is 24.2 Å². The van der Waals surface area contributed by atoms with Crippen LogP contribution >= 0.6 is 0 Å². The minimum atomic E-state index is 0.533. The smallest absolute Gasteiger partial charge is 0.128 e. The number of benzene rings is 1. The van der Waals surface area contributed by atoms with E-state index in [0.717, 1.165) is 29.7 Å². The fourth-order valence-electron chi connectivity index (χ4n) is 2.08. The summed E-state index contributed by atoms with van der Waals surface area (Å²) >= 11 is 0. The molecule has 3 rings (SSSR count). The van der Waals surface area contributed by atoms with Crippen LogP contribution < -0.4 is 0 Å². The number of morpholine rings is 1. The molecule has 1 aliphatic heterocycles. The third kappa shape index (κ3) is 2.04. The molecule has 0 unspecified atom stereocenters. The van der Waals surface area contributed by atoms with Crippen molar-refractivity contribution >= 4 is 16.9 Å². The highest BCUT2D eigenvalue weighted by Gasteiger charge is 2.15. The standard InChI is InChI=1S/C13H14N4O/c14-13(17-5-7-18-8-6-17)10-1-2-11-12(9-10)16-4-3-15-11/h1-4,9,14H,5-8H2. The van der Waals surface area contributed by atoms with Crippen LogP contribution in [0.5, 0.6) is 0 Å². The molecule has 18 heavy (non-hydrogen) atoms. The Morgan fingerprint density at radius 1 is 1.11 bits per heavy atom. The number of rotatable bonds is 1. The monoisotopic (exact) mass is 242 g/mol. The number of nitrogens with one attached hydrogen (secondary N) is 1. The Morgan fingerprint density at radius 2 is 1.83 bits per heavy atom. The van der Waals surface area contributed by atoms with Crippen LogP contribution in [0.3, 0.4) is 0 Å². The largest absolute Gasteiger partial charge is 0.378 e. The van der Waals surface area contributed by atoms with Gasteiger partial charge in [0, 0.05) is 31.0 Å². The molecular weight excluding hydrogens is 228 g/mol. The fraction of sp³-hybridized carbons (Fsp3) is 0.308. The number of ether oxygens (including phenoxy) is 1. The molecular formula is C13H14N4O. The molecule has 5 nitrogen and oxygen atoms in total. The summed E-state index contributed by atoms with van der Waals surface area (Å²) in [5.74, 6) is 0.533. The first-order valence-corrected chi connectivity index (χ1v) is 5.97. The summed E-state index contributed by atoms with van der Waals surface area (Å²) in [4.78, 5) is 10.5. The predicted molar refractivity (Wildman–Crippen MR) is 68.8 cm³/mol. The summed E-state index contributed by atoms with van der Waals surface area (Å²) in [6.45, 7) is 2.93. The van der Waals surface area contributed by atoms with Crippen molar-refractivity contribution in [2.45, 2.75) is 0 Å². The summed E-state index contributed by atoms with van der Waals surface area (Å²) in [6.07, 6.45) is 3.35. The van der Waals surface area contributed by atoms with Crippen LogP contribution in [0.15, 0.2) is 30.6 Å². The zero-order chi connectivity index (χ0) is 12.4. The van der Waals surface area contributed by atoms with Gasteiger partial charge in [-0.05, 0) is 18.2 Å². The van der Waals surface area contributed by atoms with Gasteiger partial charge in [0.25, 0.3) is 0 Å². The first kappa shape index (κ1) is 11.1. The Labute approximate surface area is 105 Å². The van der Waals surface area contributed by atoms with E-state index >= 15 is 0 Å². The zero-order valence-corrected chi connectivity index (χ0v) is 9.97. The Morgan fingerprint density at radius 3 is 2.61 bits per heavy atom. The quantitative estimate of drug-likeness (QED) is 0.604. The molecule has 2 aromatic rings. The molecule has 0 aliphatic carbocycles. The van der Waals surface area contributed by atoms with Gasteiger partial charge in [0.2, 0.25) is 0 Å². The Bertz CT molecular complexity index is 578. The normalized spacial score (nSPS) is 15.9. The van der Waals surface area contributed by atoms with E-state index in [-0.39, 0.29) is 0 Å². The molecule has 92 valence electrons. The maximum absolute atomic E-state index is 8.22. The third-order valence-electron chi connectivity index (χ3n) is 3.07. The van der Waals surface area contributed by atoms with Crippen LogP contribution in [0.4, 0.5) is 0 Å². The summed E-state index contributed by atoms with van der Waals surface area (Å²) in [6, 6.07) is 5.75. The first-order chi connectivity index (χ1) is 8.84. The van der Waals surface area contributed by atoms with Crippen molar-refractivity contribution < 1.29 is 4.74 Å². The molecule has 1 saturated heterocycles. The van der Waals surface area contributed by atoms with E-state index in [2.05, 4.69) is 9.97 Å². The van der Waals surface area contributed by atoms with Gasteiger partial charge in [-0.2, -0.15) is 0 Å². The predicted octanol–water partition coefficient (Wildman–Crippen LogP) is 1.29. The lowest BCUT2D eigenvalue weighted by Crippen LogP contribution is -2.40. The molecule has 1 N–H and O–H groups in total. The van der Waals surface area contributed by atoms with E-state index in [1.165, 1.54) is 0 Å². The van der Waals surface area contributed by atoms with E-state index in [9.17, 15) is 0 Å². The van der Waals surface area contributed by atoms with E-state index in [4.69, 9.17) is 10.1 Å². The van der Waals surface area contributed by atoms with E-state index < -0.39 is 0 Å². The molecule has 0 radical (unpaired) electrons. The minimum absolute atomic E-state index is 0.533. The van der Waals surface area contributed by atoms with Crippen LogP contribution in [0.1, 0.15) is 5.56 Å². The number of nitrogens with zero attached hydrogens (tertiary/aromatic N) is 3. The summed E-state index contributed by atoms with van der Waals surface area (Å²) < 4.78 is 5.30. The van der Waals surface area contributed by atoms with Gasteiger partial charge in [0.15, 0.2) is 0 Å². The van der Waals surface area contributed by atoms with Crippen LogP contribution in [0.2, 0.25) is 0 Å². The highest BCUT2D eigenvalue weighted by Crippen LogP contribution is 2.13. The van der Waals surface area contributed by atoms with E-state index in [0.29, 0.717) is 19.0 Å². The molecule has 0 saturated carbocycles. The molecule has 5 heteroatoms. The van der Waals surface area contributed by atoms with Crippen LogP contribution in [0, 0.1) is 5.41 Å². The topological polar surface area (TPSA) is 62.1 Å². The van der Waals surface area contributed by atoms with Crippen LogP contribution in [0.25, 0.3) is 11.0 Å². The Kier molecular flexibility index (Phi) is 2.90. The highest BCUT2D eigenvalue weighted by atomic mass is 16.5. The molecule has 1 aromatic heterocycles. The van der Waals surface area contributed by atoms with Crippen molar-refractivity contribution in [3.63, 3.8) is 0 Å².